The highest BCUT2D eigenvalue weighted by atomic mass is 79.9. The van der Waals surface area contributed by atoms with Crippen molar-refractivity contribution in [3.05, 3.63) is 28.2 Å². The zero-order valence-electron chi connectivity index (χ0n) is 12.2. The monoisotopic (exact) mass is 338 g/mol. The van der Waals surface area contributed by atoms with Crippen LogP contribution in [0.3, 0.4) is 0 Å². The normalized spacial score (nSPS) is 23.3. The van der Waals surface area contributed by atoms with Gasteiger partial charge in [0, 0.05) is 41.1 Å². The molecule has 1 aliphatic heterocycles. The van der Waals surface area contributed by atoms with E-state index in [0.29, 0.717) is 12.1 Å². The molecule has 0 aromatic heterocycles. The van der Waals surface area contributed by atoms with Crippen LogP contribution in [0.25, 0.3) is 0 Å². The fourth-order valence-electron chi connectivity index (χ4n) is 2.88. The highest BCUT2D eigenvalue weighted by Crippen LogP contribution is 2.34. The standard InChI is InChI=1S/C16H23BrN2O/c1-11(19(2)13-4-5-13)10-18-15-7-8-20-16-6-3-12(17)9-14(15)16/h3,6,9,11,13,15,18H,4-5,7-8,10H2,1-2H3. The Kier molecular flexibility index (Phi) is 4.34. The second kappa shape index (κ2) is 6.04. The molecule has 0 saturated heterocycles. The molecule has 1 heterocycles. The predicted octanol–water partition coefficient (Wildman–Crippen LogP) is 3.35. The van der Waals surface area contributed by atoms with Gasteiger partial charge in [0.1, 0.15) is 5.75 Å². The lowest BCUT2D eigenvalue weighted by atomic mass is 10.0. The van der Waals surface area contributed by atoms with Gasteiger partial charge >= 0.3 is 0 Å². The van der Waals surface area contributed by atoms with Gasteiger partial charge in [-0.3, -0.25) is 4.90 Å². The van der Waals surface area contributed by atoms with Gasteiger partial charge in [-0.05, 0) is 45.0 Å². The first-order chi connectivity index (χ1) is 9.65. The number of fused-ring (bicyclic) bond motifs is 1. The van der Waals surface area contributed by atoms with E-state index in [1.165, 1.54) is 18.4 Å². The van der Waals surface area contributed by atoms with Crippen LogP contribution in [0.2, 0.25) is 0 Å². The number of rotatable bonds is 5. The Bertz CT molecular complexity index is 476. The Morgan fingerprint density at radius 1 is 1.40 bits per heavy atom. The number of benzene rings is 1. The fraction of sp³-hybridized carbons (Fsp3) is 0.625. The van der Waals surface area contributed by atoms with Crippen molar-refractivity contribution in [2.45, 2.75) is 44.3 Å². The second-order valence-corrected chi connectivity index (χ2v) is 6.94. The maximum absolute atomic E-state index is 5.74. The molecule has 0 spiro atoms. The van der Waals surface area contributed by atoms with Crippen molar-refractivity contribution in [2.24, 2.45) is 0 Å². The molecule has 4 heteroatoms. The molecule has 0 amide bonds. The first kappa shape index (κ1) is 14.4. The van der Waals surface area contributed by atoms with Crippen LogP contribution in [0.5, 0.6) is 5.75 Å². The lowest BCUT2D eigenvalue weighted by Gasteiger charge is -2.30. The van der Waals surface area contributed by atoms with Crippen molar-refractivity contribution in [3.8, 4) is 5.75 Å². The van der Waals surface area contributed by atoms with Gasteiger partial charge < -0.3 is 10.1 Å². The van der Waals surface area contributed by atoms with E-state index in [0.717, 1.165) is 35.8 Å². The molecule has 1 saturated carbocycles. The molecule has 0 bridgehead atoms. The van der Waals surface area contributed by atoms with Gasteiger partial charge in [0.15, 0.2) is 0 Å². The third-order valence-electron chi connectivity index (χ3n) is 4.49. The van der Waals surface area contributed by atoms with Crippen molar-refractivity contribution < 1.29 is 4.74 Å². The molecule has 1 aromatic rings. The average molecular weight is 339 g/mol. The van der Waals surface area contributed by atoms with Gasteiger partial charge in [-0.25, -0.2) is 0 Å². The van der Waals surface area contributed by atoms with Crippen molar-refractivity contribution in [3.63, 3.8) is 0 Å². The largest absolute Gasteiger partial charge is 0.493 e. The SMILES string of the molecule is CC(CNC1CCOc2ccc(Br)cc21)N(C)C1CC1. The summed E-state index contributed by atoms with van der Waals surface area (Å²) >= 11 is 3.56. The third-order valence-corrected chi connectivity index (χ3v) is 4.98. The number of hydrogen-bond donors (Lipinski definition) is 1. The highest BCUT2D eigenvalue weighted by Gasteiger charge is 2.29. The summed E-state index contributed by atoms with van der Waals surface area (Å²) in [5.74, 6) is 1.03. The molecule has 3 rings (SSSR count). The van der Waals surface area contributed by atoms with Crippen LogP contribution < -0.4 is 10.1 Å². The Hall–Kier alpha value is -0.580. The summed E-state index contributed by atoms with van der Waals surface area (Å²) in [5.41, 5.74) is 1.28. The van der Waals surface area contributed by atoms with Crippen LogP contribution in [0.1, 0.15) is 37.8 Å². The van der Waals surface area contributed by atoms with Gasteiger partial charge in [-0.2, -0.15) is 0 Å². The minimum absolute atomic E-state index is 0.409. The smallest absolute Gasteiger partial charge is 0.124 e. The van der Waals surface area contributed by atoms with Crippen LogP contribution in [0.4, 0.5) is 0 Å². The second-order valence-electron chi connectivity index (χ2n) is 6.03. The maximum atomic E-state index is 5.74. The van der Waals surface area contributed by atoms with E-state index in [-0.39, 0.29) is 0 Å². The number of likely N-dealkylation sites (N-methyl/N-ethyl adjacent to an activating group) is 1. The van der Waals surface area contributed by atoms with Crippen LogP contribution >= 0.6 is 15.9 Å². The molecular weight excluding hydrogens is 316 g/mol. The summed E-state index contributed by atoms with van der Waals surface area (Å²) < 4.78 is 6.86. The first-order valence-corrected chi connectivity index (χ1v) is 8.32. The molecular formula is C16H23BrN2O. The molecule has 2 atom stereocenters. The summed E-state index contributed by atoms with van der Waals surface area (Å²) in [4.78, 5) is 2.51. The molecule has 1 N–H and O–H groups in total. The number of nitrogens with one attached hydrogen (secondary N) is 1. The molecule has 1 fully saturated rings. The lowest BCUT2D eigenvalue weighted by molar-refractivity contribution is 0.216. The molecule has 1 aliphatic carbocycles. The molecule has 3 nitrogen and oxygen atoms in total. The topological polar surface area (TPSA) is 24.5 Å². The summed E-state index contributed by atoms with van der Waals surface area (Å²) in [6.07, 6.45) is 3.78. The van der Waals surface area contributed by atoms with Crippen molar-refractivity contribution in [2.75, 3.05) is 20.2 Å². The summed E-state index contributed by atoms with van der Waals surface area (Å²) in [5, 5.41) is 3.73. The Balaban J connectivity index is 1.62. The van der Waals surface area contributed by atoms with E-state index >= 15 is 0 Å². The molecule has 1 aromatic carbocycles. The van der Waals surface area contributed by atoms with Gasteiger partial charge in [0.05, 0.1) is 6.61 Å². The number of nitrogens with zero attached hydrogens (tertiary/aromatic N) is 1. The van der Waals surface area contributed by atoms with E-state index < -0.39 is 0 Å². The lowest BCUT2D eigenvalue weighted by Crippen LogP contribution is -2.41. The van der Waals surface area contributed by atoms with E-state index in [1.807, 2.05) is 6.07 Å². The van der Waals surface area contributed by atoms with Crippen LogP contribution in [0, 0.1) is 0 Å². The summed E-state index contributed by atoms with van der Waals surface area (Å²) in [7, 11) is 2.25. The third kappa shape index (κ3) is 3.18. The van der Waals surface area contributed by atoms with Gasteiger partial charge in [-0.1, -0.05) is 15.9 Å². The van der Waals surface area contributed by atoms with E-state index in [2.05, 4.69) is 52.3 Å². The van der Waals surface area contributed by atoms with Gasteiger partial charge in [-0.15, -0.1) is 0 Å². The zero-order chi connectivity index (χ0) is 14.1. The Labute approximate surface area is 129 Å². The molecule has 2 unspecified atom stereocenters. The van der Waals surface area contributed by atoms with Crippen molar-refractivity contribution in [1.82, 2.24) is 10.2 Å². The predicted molar refractivity (Wildman–Crippen MR) is 85.2 cm³/mol. The molecule has 110 valence electrons. The maximum Gasteiger partial charge on any atom is 0.124 e. The van der Waals surface area contributed by atoms with Crippen LogP contribution in [0.15, 0.2) is 22.7 Å². The fourth-order valence-corrected chi connectivity index (χ4v) is 3.25. The zero-order valence-corrected chi connectivity index (χ0v) is 13.8. The van der Waals surface area contributed by atoms with E-state index in [9.17, 15) is 0 Å². The minimum Gasteiger partial charge on any atom is -0.493 e. The average Bonchev–Trinajstić information content (AvgIpc) is 3.28. The summed E-state index contributed by atoms with van der Waals surface area (Å²) in [6.45, 7) is 4.15. The highest BCUT2D eigenvalue weighted by molar-refractivity contribution is 9.10. The number of halogens is 1. The number of hydrogen-bond acceptors (Lipinski definition) is 3. The molecule has 0 radical (unpaired) electrons. The quantitative estimate of drug-likeness (QED) is 0.890. The number of ether oxygens (including phenoxy) is 1. The van der Waals surface area contributed by atoms with Crippen molar-refractivity contribution >= 4 is 15.9 Å². The van der Waals surface area contributed by atoms with Crippen LogP contribution in [-0.4, -0.2) is 37.2 Å². The molecule has 20 heavy (non-hydrogen) atoms. The summed E-state index contributed by atoms with van der Waals surface area (Å²) in [6, 6.07) is 8.11. The van der Waals surface area contributed by atoms with E-state index in [4.69, 9.17) is 4.74 Å². The molecule has 2 aliphatic rings. The van der Waals surface area contributed by atoms with Crippen LogP contribution in [-0.2, 0) is 0 Å². The minimum atomic E-state index is 0.409. The van der Waals surface area contributed by atoms with Gasteiger partial charge in [0.2, 0.25) is 0 Å². The Morgan fingerprint density at radius 3 is 2.95 bits per heavy atom. The van der Waals surface area contributed by atoms with Gasteiger partial charge in [0.25, 0.3) is 0 Å². The van der Waals surface area contributed by atoms with E-state index in [1.54, 1.807) is 0 Å². The van der Waals surface area contributed by atoms with Crippen molar-refractivity contribution in [1.29, 1.82) is 0 Å². The Morgan fingerprint density at radius 2 is 2.20 bits per heavy atom. The first-order valence-electron chi connectivity index (χ1n) is 7.52.